The highest BCUT2D eigenvalue weighted by molar-refractivity contribution is 7.07. The molecule has 2 aromatic rings. The molecular weight excluding hydrogens is 312 g/mol. The zero-order chi connectivity index (χ0) is 15.9. The average molecular weight is 327 g/mol. The molecule has 22 heavy (non-hydrogen) atoms. The highest BCUT2D eigenvalue weighted by atomic mass is 32.1. The third kappa shape index (κ3) is 4.09. The molecule has 0 bridgehead atoms. The van der Waals surface area contributed by atoms with E-state index in [1.54, 1.807) is 0 Å². The molecule has 1 unspecified atom stereocenters. The van der Waals surface area contributed by atoms with Crippen LogP contribution in [0, 0.1) is 11.6 Å². The number of aliphatic hydroxyl groups is 1. The first-order chi connectivity index (χ1) is 10.6. The number of benzene rings is 1. The van der Waals surface area contributed by atoms with Gasteiger partial charge in [-0.05, 0) is 34.5 Å². The Morgan fingerprint density at radius 1 is 1.32 bits per heavy atom. The number of thiophene rings is 1. The van der Waals surface area contributed by atoms with E-state index in [2.05, 4.69) is 5.32 Å². The van der Waals surface area contributed by atoms with Crippen molar-refractivity contribution >= 4 is 17.2 Å². The van der Waals surface area contributed by atoms with Gasteiger partial charge in [-0.2, -0.15) is 11.3 Å². The van der Waals surface area contributed by atoms with Gasteiger partial charge in [-0.25, -0.2) is 8.78 Å². The Balaban J connectivity index is 2.04. The number of carbonyl (C=O) groups is 1. The molecule has 2 N–H and O–H groups in total. The van der Waals surface area contributed by atoms with Crippen LogP contribution >= 0.6 is 11.3 Å². The molecule has 0 fully saturated rings. The number of hydrogen-bond acceptors (Lipinski definition) is 4. The fourth-order valence-corrected chi connectivity index (χ4v) is 2.62. The van der Waals surface area contributed by atoms with Crippen LogP contribution in [0.15, 0.2) is 35.0 Å². The van der Waals surface area contributed by atoms with Crippen LogP contribution in [0.2, 0.25) is 0 Å². The van der Waals surface area contributed by atoms with E-state index < -0.39 is 29.2 Å². The molecule has 118 valence electrons. The lowest BCUT2D eigenvalue weighted by Crippen LogP contribution is -2.31. The second-order valence-electron chi connectivity index (χ2n) is 4.45. The van der Waals surface area contributed by atoms with Crippen LogP contribution < -0.4 is 5.32 Å². The zero-order valence-corrected chi connectivity index (χ0v) is 12.4. The molecule has 1 aromatic heterocycles. The smallest absolute Gasteiger partial charge is 0.257 e. The fraction of sp³-hybridized carbons (Fsp3) is 0.267. The monoisotopic (exact) mass is 327 g/mol. The lowest BCUT2D eigenvalue weighted by Gasteiger charge is -2.17. The number of ether oxygens (including phenoxy) is 1. The van der Waals surface area contributed by atoms with Gasteiger partial charge in [-0.1, -0.05) is 6.07 Å². The molecule has 0 spiro atoms. The molecule has 0 saturated heterocycles. The maximum absolute atomic E-state index is 13.5. The molecule has 0 saturated carbocycles. The molecule has 2 rings (SSSR count). The third-order valence-corrected chi connectivity index (χ3v) is 3.66. The highest BCUT2D eigenvalue weighted by Gasteiger charge is 2.19. The van der Waals surface area contributed by atoms with E-state index in [0.717, 1.165) is 17.7 Å². The molecule has 1 atom stereocenters. The van der Waals surface area contributed by atoms with E-state index in [-0.39, 0.29) is 19.8 Å². The number of amides is 1. The van der Waals surface area contributed by atoms with Crippen molar-refractivity contribution in [2.45, 2.75) is 6.10 Å². The van der Waals surface area contributed by atoms with E-state index in [1.165, 1.54) is 17.4 Å². The number of aliphatic hydroxyl groups excluding tert-OH is 1. The summed E-state index contributed by atoms with van der Waals surface area (Å²) in [6.45, 7) is -0.00961. The fourth-order valence-electron chi connectivity index (χ4n) is 1.91. The quantitative estimate of drug-likeness (QED) is 0.821. The van der Waals surface area contributed by atoms with Crippen LogP contribution in [0.4, 0.5) is 8.78 Å². The van der Waals surface area contributed by atoms with Crippen molar-refractivity contribution in [3.05, 3.63) is 57.8 Å². The molecule has 1 aromatic carbocycles. The van der Waals surface area contributed by atoms with Crippen molar-refractivity contribution in [3.63, 3.8) is 0 Å². The largest absolute Gasteiger partial charge is 0.394 e. The predicted molar refractivity (Wildman–Crippen MR) is 78.8 cm³/mol. The first kappa shape index (κ1) is 16.5. The van der Waals surface area contributed by atoms with Crippen molar-refractivity contribution in [2.75, 3.05) is 19.8 Å². The topological polar surface area (TPSA) is 58.6 Å². The Morgan fingerprint density at radius 2 is 2.05 bits per heavy atom. The van der Waals surface area contributed by atoms with E-state index in [1.807, 2.05) is 16.8 Å². The number of halogens is 2. The minimum absolute atomic E-state index is 0.0450. The summed E-state index contributed by atoms with van der Waals surface area (Å²) < 4.78 is 32.5. The predicted octanol–water partition coefficient (Wildman–Crippen LogP) is 2.51. The minimum Gasteiger partial charge on any atom is -0.394 e. The molecule has 7 heteroatoms. The van der Waals surface area contributed by atoms with E-state index in [4.69, 9.17) is 9.84 Å². The van der Waals surface area contributed by atoms with Gasteiger partial charge in [0.25, 0.3) is 5.91 Å². The Bertz CT molecular complexity index is 599. The molecule has 0 aliphatic carbocycles. The Kier molecular flexibility index (Phi) is 6.00. The molecule has 1 heterocycles. The number of nitrogens with one attached hydrogen (secondary N) is 1. The summed E-state index contributed by atoms with van der Waals surface area (Å²) in [7, 11) is 0. The maximum atomic E-state index is 13.5. The van der Waals surface area contributed by atoms with Crippen molar-refractivity contribution in [2.24, 2.45) is 0 Å². The third-order valence-electron chi connectivity index (χ3n) is 2.96. The van der Waals surface area contributed by atoms with Crippen LogP contribution in [0.5, 0.6) is 0 Å². The highest BCUT2D eigenvalue weighted by Crippen LogP contribution is 2.20. The van der Waals surface area contributed by atoms with Gasteiger partial charge in [0.2, 0.25) is 0 Å². The van der Waals surface area contributed by atoms with Crippen molar-refractivity contribution in [1.29, 1.82) is 0 Å². The standard InChI is InChI=1S/C15H15F2NO3S/c16-11-2-1-3-12(17)14(11)15(20)18-8-13(21-6-5-19)10-4-7-22-9-10/h1-4,7,9,13,19H,5-6,8H2,(H,18,20). The van der Waals surface area contributed by atoms with Crippen molar-refractivity contribution < 1.29 is 23.4 Å². The van der Waals surface area contributed by atoms with Gasteiger partial charge < -0.3 is 15.2 Å². The van der Waals surface area contributed by atoms with E-state index in [9.17, 15) is 13.6 Å². The van der Waals surface area contributed by atoms with Crippen molar-refractivity contribution in [1.82, 2.24) is 5.32 Å². The van der Waals surface area contributed by atoms with Crippen LogP contribution in [0.1, 0.15) is 22.0 Å². The number of carbonyl (C=O) groups excluding carboxylic acids is 1. The van der Waals surface area contributed by atoms with Gasteiger partial charge in [-0.3, -0.25) is 4.79 Å². The van der Waals surface area contributed by atoms with Gasteiger partial charge in [0.05, 0.1) is 13.2 Å². The van der Waals surface area contributed by atoms with E-state index in [0.29, 0.717) is 0 Å². The number of rotatable bonds is 7. The van der Waals surface area contributed by atoms with Crippen LogP contribution in [-0.4, -0.2) is 30.8 Å². The second kappa shape index (κ2) is 7.98. The minimum atomic E-state index is -0.916. The summed E-state index contributed by atoms with van der Waals surface area (Å²) in [5.41, 5.74) is 0.210. The average Bonchev–Trinajstić information content (AvgIpc) is 3.01. The van der Waals surface area contributed by atoms with Crippen LogP contribution in [-0.2, 0) is 4.74 Å². The molecule has 4 nitrogen and oxygen atoms in total. The summed E-state index contributed by atoms with van der Waals surface area (Å²) in [6, 6.07) is 5.07. The summed E-state index contributed by atoms with van der Waals surface area (Å²) in [5, 5.41) is 15.0. The molecule has 0 radical (unpaired) electrons. The summed E-state index contributed by atoms with van der Waals surface area (Å²) in [5.74, 6) is -2.68. The molecule has 0 aliphatic rings. The molecule has 0 aliphatic heterocycles. The Hall–Kier alpha value is -1.83. The Labute approximate surface area is 130 Å². The summed E-state index contributed by atoms with van der Waals surface area (Å²) >= 11 is 1.46. The van der Waals surface area contributed by atoms with Gasteiger partial charge in [0.1, 0.15) is 23.3 Å². The number of hydrogen-bond donors (Lipinski definition) is 2. The molecular formula is C15H15F2NO3S. The van der Waals surface area contributed by atoms with Gasteiger partial charge in [0, 0.05) is 6.54 Å². The summed E-state index contributed by atoms with van der Waals surface area (Å²) in [4.78, 5) is 11.9. The van der Waals surface area contributed by atoms with Gasteiger partial charge >= 0.3 is 0 Å². The lowest BCUT2D eigenvalue weighted by atomic mass is 10.1. The van der Waals surface area contributed by atoms with Crippen LogP contribution in [0.25, 0.3) is 0 Å². The van der Waals surface area contributed by atoms with E-state index >= 15 is 0 Å². The Morgan fingerprint density at radius 3 is 2.64 bits per heavy atom. The first-order valence-electron chi connectivity index (χ1n) is 6.60. The zero-order valence-electron chi connectivity index (χ0n) is 11.6. The normalized spacial score (nSPS) is 12.1. The SMILES string of the molecule is O=C(NCC(OCCO)c1ccsc1)c1c(F)cccc1F. The van der Waals surface area contributed by atoms with Crippen LogP contribution in [0.3, 0.4) is 0 Å². The first-order valence-corrected chi connectivity index (χ1v) is 7.54. The van der Waals surface area contributed by atoms with Gasteiger partial charge in [-0.15, -0.1) is 0 Å². The van der Waals surface area contributed by atoms with Gasteiger partial charge in [0.15, 0.2) is 0 Å². The maximum Gasteiger partial charge on any atom is 0.257 e. The summed E-state index contributed by atoms with van der Waals surface area (Å²) in [6.07, 6.45) is -0.489. The second-order valence-corrected chi connectivity index (χ2v) is 5.23. The lowest BCUT2D eigenvalue weighted by molar-refractivity contribution is 0.0279. The molecule has 1 amide bonds. The van der Waals surface area contributed by atoms with Crippen molar-refractivity contribution in [3.8, 4) is 0 Å².